The highest BCUT2D eigenvalue weighted by molar-refractivity contribution is 9.10. The van der Waals surface area contributed by atoms with Crippen LogP contribution in [0.25, 0.3) is 0 Å². The van der Waals surface area contributed by atoms with Crippen LogP contribution in [0.15, 0.2) is 46.9 Å². The van der Waals surface area contributed by atoms with Gasteiger partial charge in [0.05, 0.1) is 7.11 Å². The molecule has 2 aromatic carbocycles. The van der Waals surface area contributed by atoms with Crippen molar-refractivity contribution in [2.75, 3.05) is 7.11 Å². The van der Waals surface area contributed by atoms with E-state index in [-0.39, 0.29) is 0 Å². The molecule has 0 saturated heterocycles. The molecule has 0 amide bonds. The first-order chi connectivity index (χ1) is 10.3. The molecule has 1 unspecified atom stereocenters. The molecule has 1 aliphatic carbocycles. The van der Waals surface area contributed by atoms with Gasteiger partial charge in [-0.25, -0.2) is 0 Å². The Hall–Kier alpha value is -1.32. The first-order valence-corrected chi connectivity index (χ1v) is 8.21. The maximum Gasteiger partial charge on any atom is 0.123 e. The lowest BCUT2D eigenvalue weighted by Gasteiger charge is -2.26. The Bertz CT molecular complexity index is 626. The van der Waals surface area contributed by atoms with E-state index in [2.05, 4.69) is 51.6 Å². The Kier molecular flexibility index (Phi) is 4.61. The summed E-state index contributed by atoms with van der Waals surface area (Å²) in [5.41, 5.74) is 4.13. The third kappa shape index (κ3) is 3.30. The molecule has 3 rings (SSSR count). The zero-order valence-corrected chi connectivity index (χ0v) is 13.8. The number of aryl methyl sites for hydroxylation is 1. The number of fused-ring (bicyclic) bond motifs is 1. The summed E-state index contributed by atoms with van der Waals surface area (Å²) < 4.78 is 6.54. The molecular weight excluding hydrogens is 326 g/mol. The van der Waals surface area contributed by atoms with Crippen LogP contribution in [-0.2, 0) is 13.0 Å². The van der Waals surface area contributed by atoms with Crippen LogP contribution in [0.4, 0.5) is 0 Å². The number of benzene rings is 2. The van der Waals surface area contributed by atoms with E-state index in [1.807, 2.05) is 12.1 Å². The number of hydrogen-bond acceptors (Lipinski definition) is 2. The molecule has 0 saturated carbocycles. The van der Waals surface area contributed by atoms with Crippen LogP contribution in [0.3, 0.4) is 0 Å². The van der Waals surface area contributed by atoms with Crippen LogP contribution in [0.2, 0.25) is 0 Å². The number of rotatable bonds is 4. The lowest BCUT2D eigenvalue weighted by molar-refractivity contribution is 0.401. The maximum absolute atomic E-state index is 5.45. The fraction of sp³-hybridized carbons (Fsp3) is 0.333. The van der Waals surface area contributed by atoms with E-state index in [4.69, 9.17) is 4.74 Å². The molecule has 0 spiro atoms. The molecule has 3 heteroatoms. The predicted octanol–water partition coefficient (Wildman–Crippen LogP) is 4.62. The van der Waals surface area contributed by atoms with Crippen LogP contribution >= 0.6 is 15.9 Å². The molecule has 0 aliphatic heterocycles. The average Bonchev–Trinajstić information content (AvgIpc) is 2.53. The van der Waals surface area contributed by atoms with Crippen molar-refractivity contribution in [3.63, 3.8) is 0 Å². The lowest BCUT2D eigenvalue weighted by Crippen LogP contribution is -2.25. The molecule has 2 aromatic rings. The van der Waals surface area contributed by atoms with Crippen molar-refractivity contribution in [3.8, 4) is 5.75 Å². The summed E-state index contributed by atoms with van der Waals surface area (Å²) in [6.45, 7) is 0.821. The summed E-state index contributed by atoms with van der Waals surface area (Å²) in [6.07, 6.45) is 3.66. The molecule has 0 aromatic heterocycles. The highest BCUT2D eigenvalue weighted by Crippen LogP contribution is 2.30. The van der Waals surface area contributed by atoms with Crippen molar-refractivity contribution in [2.45, 2.75) is 31.8 Å². The number of hydrogen-bond donors (Lipinski definition) is 1. The van der Waals surface area contributed by atoms with E-state index in [0.29, 0.717) is 6.04 Å². The van der Waals surface area contributed by atoms with Crippen molar-refractivity contribution in [2.24, 2.45) is 0 Å². The Morgan fingerprint density at radius 3 is 2.95 bits per heavy atom. The standard InChI is InChI=1S/C18H20BrNO/c1-21-18-10-9-15(19)11-14(18)12-20-17-8-4-6-13-5-2-3-7-16(13)17/h2-3,5,7,9-11,17,20H,4,6,8,12H2,1H3. The van der Waals surface area contributed by atoms with E-state index in [0.717, 1.165) is 16.8 Å². The molecular formula is C18H20BrNO. The van der Waals surface area contributed by atoms with Gasteiger partial charge < -0.3 is 10.1 Å². The zero-order valence-electron chi connectivity index (χ0n) is 12.2. The van der Waals surface area contributed by atoms with Crippen LogP contribution in [0.1, 0.15) is 35.6 Å². The molecule has 2 nitrogen and oxygen atoms in total. The summed E-state index contributed by atoms with van der Waals surface area (Å²) in [4.78, 5) is 0. The minimum Gasteiger partial charge on any atom is -0.496 e. The van der Waals surface area contributed by atoms with E-state index >= 15 is 0 Å². The average molecular weight is 346 g/mol. The SMILES string of the molecule is COc1ccc(Br)cc1CNC1CCCc2ccccc21. The first-order valence-electron chi connectivity index (χ1n) is 7.41. The molecule has 1 N–H and O–H groups in total. The van der Waals surface area contributed by atoms with Gasteiger partial charge in [-0.1, -0.05) is 40.2 Å². The Labute approximate surface area is 134 Å². The third-order valence-electron chi connectivity index (χ3n) is 4.15. The fourth-order valence-corrected chi connectivity index (χ4v) is 3.49. The minimum atomic E-state index is 0.443. The Morgan fingerprint density at radius 2 is 2.10 bits per heavy atom. The summed E-state index contributed by atoms with van der Waals surface area (Å²) in [6, 6.07) is 15.4. The largest absolute Gasteiger partial charge is 0.496 e. The summed E-state index contributed by atoms with van der Waals surface area (Å²) in [5.74, 6) is 0.940. The number of ether oxygens (including phenoxy) is 1. The monoisotopic (exact) mass is 345 g/mol. The van der Waals surface area contributed by atoms with Gasteiger partial charge in [-0.05, 0) is 48.6 Å². The van der Waals surface area contributed by atoms with Gasteiger partial charge in [0, 0.05) is 22.6 Å². The lowest BCUT2D eigenvalue weighted by atomic mass is 9.87. The second-order valence-corrected chi connectivity index (χ2v) is 6.40. The van der Waals surface area contributed by atoms with Crippen molar-refractivity contribution >= 4 is 15.9 Å². The van der Waals surface area contributed by atoms with Crippen LogP contribution in [-0.4, -0.2) is 7.11 Å². The predicted molar refractivity (Wildman–Crippen MR) is 89.7 cm³/mol. The molecule has 110 valence electrons. The quantitative estimate of drug-likeness (QED) is 0.872. The molecule has 0 fully saturated rings. The number of methoxy groups -OCH3 is 1. The van der Waals surface area contributed by atoms with Gasteiger partial charge in [0.2, 0.25) is 0 Å². The van der Waals surface area contributed by atoms with Gasteiger partial charge in [-0.2, -0.15) is 0 Å². The maximum atomic E-state index is 5.45. The van der Waals surface area contributed by atoms with Crippen molar-refractivity contribution in [3.05, 3.63) is 63.6 Å². The van der Waals surface area contributed by atoms with Crippen LogP contribution in [0.5, 0.6) is 5.75 Å². The normalized spacial score (nSPS) is 17.3. The topological polar surface area (TPSA) is 21.3 Å². The van der Waals surface area contributed by atoms with Crippen LogP contribution in [0, 0.1) is 0 Å². The molecule has 21 heavy (non-hydrogen) atoms. The van der Waals surface area contributed by atoms with E-state index in [9.17, 15) is 0 Å². The van der Waals surface area contributed by atoms with Crippen molar-refractivity contribution in [1.82, 2.24) is 5.32 Å². The highest BCUT2D eigenvalue weighted by Gasteiger charge is 2.19. The molecule has 1 aliphatic rings. The van der Waals surface area contributed by atoms with Gasteiger partial charge in [0.1, 0.15) is 5.75 Å². The van der Waals surface area contributed by atoms with Gasteiger partial charge in [0.25, 0.3) is 0 Å². The van der Waals surface area contributed by atoms with Crippen LogP contribution < -0.4 is 10.1 Å². The van der Waals surface area contributed by atoms with E-state index in [1.165, 1.54) is 36.0 Å². The summed E-state index contributed by atoms with van der Waals surface area (Å²) in [7, 11) is 1.72. The summed E-state index contributed by atoms with van der Waals surface area (Å²) in [5, 5.41) is 3.70. The Morgan fingerprint density at radius 1 is 1.24 bits per heavy atom. The van der Waals surface area contributed by atoms with E-state index < -0.39 is 0 Å². The first kappa shape index (κ1) is 14.6. The van der Waals surface area contributed by atoms with E-state index in [1.54, 1.807) is 7.11 Å². The third-order valence-corrected chi connectivity index (χ3v) is 4.64. The smallest absolute Gasteiger partial charge is 0.123 e. The van der Waals surface area contributed by atoms with Crippen molar-refractivity contribution < 1.29 is 4.74 Å². The minimum absolute atomic E-state index is 0.443. The highest BCUT2D eigenvalue weighted by atomic mass is 79.9. The molecule has 0 heterocycles. The second-order valence-electron chi connectivity index (χ2n) is 5.48. The van der Waals surface area contributed by atoms with Gasteiger partial charge in [-0.3, -0.25) is 0 Å². The number of nitrogens with one attached hydrogen (secondary N) is 1. The fourth-order valence-electron chi connectivity index (χ4n) is 3.08. The number of halogens is 1. The molecule has 0 radical (unpaired) electrons. The molecule has 0 bridgehead atoms. The summed E-state index contributed by atoms with van der Waals surface area (Å²) >= 11 is 3.53. The van der Waals surface area contributed by atoms with Gasteiger partial charge >= 0.3 is 0 Å². The van der Waals surface area contributed by atoms with Gasteiger partial charge in [-0.15, -0.1) is 0 Å². The second kappa shape index (κ2) is 6.63. The molecule has 1 atom stereocenters. The van der Waals surface area contributed by atoms with Crippen molar-refractivity contribution in [1.29, 1.82) is 0 Å². The van der Waals surface area contributed by atoms with Gasteiger partial charge in [0.15, 0.2) is 0 Å². The zero-order chi connectivity index (χ0) is 14.7. The Balaban J connectivity index is 1.76.